The molecule has 0 unspecified atom stereocenters. The molecule has 4 aliphatic carbocycles. The maximum absolute atomic E-state index is 16.9. The van der Waals surface area contributed by atoms with Crippen molar-refractivity contribution in [2.75, 3.05) is 14.2 Å². The van der Waals surface area contributed by atoms with Crippen molar-refractivity contribution in [3.8, 4) is 112 Å². The Bertz CT molecular complexity index is 4510. The van der Waals surface area contributed by atoms with Gasteiger partial charge in [0.2, 0.25) is 0 Å². The molecule has 0 saturated heterocycles. The highest BCUT2D eigenvalue weighted by Crippen LogP contribution is 2.62. The summed E-state index contributed by atoms with van der Waals surface area (Å²) in [5.41, 5.74) is 14.9. The first-order valence-electron chi connectivity index (χ1n) is 26.7. The van der Waals surface area contributed by atoms with Gasteiger partial charge in [0, 0.05) is 77.9 Å². The highest BCUT2D eigenvalue weighted by Gasteiger charge is 2.46. The fourth-order valence-corrected chi connectivity index (χ4v) is 13.9. The predicted molar refractivity (Wildman–Crippen MR) is 317 cm³/mol. The average Bonchev–Trinajstić information content (AvgIpc) is 3.01. The molecule has 0 aromatic heterocycles. The molecule has 0 heterocycles. The molecule has 16 rings (SSSR count). The van der Waals surface area contributed by atoms with Crippen molar-refractivity contribution >= 4 is 44.7 Å². The largest absolute Gasteiger partial charge is 0.496 e. The molecule has 4 aliphatic rings. The Balaban J connectivity index is 1.02. The zero-order valence-electron chi connectivity index (χ0n) is 43.2. The van der Waals surface area contributed by atoms with Gasteiger partial charge in [-0.05, 0) is 113 Å². The standard InChI is InChI=1S/C74H42O6/c1-79-51-37-35-49-63(73(77)69-57(43-23-11-5-12-24-43)61-47-33-17-29-39-27-15-31-45(53(39)47)59(61)55(67(69)71(49)75)41-19-7-3-8-20-41)65(51)66-52(80-2)38-36-50-64(66)74(78)70-58(44-25-13-6-14-26-44)62-48-34-18-30-40-28-16-32-46(54(40)48)60(62)56(68(70)72(50)76)42-21-9-4-10-22-42/h3-38H,1-2H3. The summed E-state index contributed by atoms with van der Waals surface area (Å²) in [6.07, 6.45) is 0. The van der Waals surface area contributed by atoms with E-state index < -0.39 is 11.6 Å². The fraction of sp³-hybridized carbons (Fsp3) is 0.0270. The average molecular weight is 1030 g/mol. The third-order valence-electron chi connectivity index (χ3n) is 17.0. The van der Waals surface area contributed by atoms with Crippen LogP contribution in [0.2, 0.25) is 0 Å². The Morgan fingerprint density at radius 1 is 0.212 bits per heavy atom. The van der Waals surface area contributed by atoms with Crippen molar-refractivity contribution in [2.24, 2.45) is 0 Å². The summed E-state index contributed by atoms with van der Waals surface area (Å²) in [5.74, 6) is -1.14. The number of carbonyl (C=O) groups is 4. The minimum Gasteiger partial charge on any atom is -0.496 e. The van der Waals surface area contributed by atoms with E-state index in [1.807, 2.05) is 146 Å². The molecule has 6 heteroatoms. The summed E-state index contributed by atoms with van der Waals surface area (Å²) < 4.78 is 12.6. The van der Waals surface area contributed by atoms with Crippen LogP contribution in [0.5, 0.6) is 11.5 Å². The molecule has 12 aromatic carbocycles. The molecule has 12 aromatic rings. The lowest BCUT2D eigenvalue weighted by atomic mass is 9.69. The van der Waals surface area contributed by atoms with E-state index >= 15 is 19.2 Å². The molecule has 80 heavy (non-hydrogen) atoms. The molecule has 0 radical (unpaired) electrons. The Morgan fingerprint density at radius 2 is 0.487 bits per heavy atom. The van der Waals surface area contributed by atoms with Gasteiger partial charge >= 0.3 is 0 Å². The van der Waals surface area contributed by atoms with E-state index in [0.717, 1.165) is 88.3 Å². The van der Waals surface area contributed by atoms with Gasteiger partial charge in [-0.2, -0.15) is 0 Å². The minimum atomic E-state index is -0.430. The van der Waals surface area contributed by atoms with Crippen molar-refractivity contribution in [2.45, 2.75) is 0 Å². The van der Waals surface area contributed by atoms with Crippen LogP contribution in [0, 0.1) is 0 Å². The number of benzene rings is 12. The first-order chi connectivity index (χ1) is 39.4. The van der Waals surface area contributed by atoms with Crippen LogP contribution < -0.4 is 9.47 Å². The van der Waals surface area contributed by atoms with E-state index in [1.54, 1.807) is 24.3 Å². The topological polar surface area (TPSA) is 86.7 Å². The van der Waals surface area contributed by atoms with Gasteiger partial charge in [0.25, 0.3) is 0 Å². The first-order valence-corrected chi connectivity index (χ1v) is 26.7. The van der Waals surface area contributed by atoms with Gasteiger partial charge in [-0.25, -0.2) is 0 Å². The van der Waals surface area contributed by atoms with Crippen molar-refractivity contribution in [1.82, 2.24) is 0 Å². The summed E-state index contributed by atoms with van der Waals surface area (Å²) in [4.78, 5) is 66.5. The summed E-state index contributed by atoms with van der Waals surface area (Å²) in [6, 6.07) is 71.0. The molecule has 0 amide bonds. The second-order valence-corrected chi connectivity index (χ2v) is 20.8. The molecular weight excluding hydrogens is 985 g/mol. The Morgan fingerprint density at radius 3 is 0.762 bits per heavy atom. The van der Waals surface area contributed by atoms with Crippen molar-refractivity contribution in [3.05, 3.63) is 263 Å². The van der Waals surface area contributed by atoms with E-state index in [0.29, 0.717) is 33.4 Å². The van der Waals surface area contributed by atoms with Crippen LogP contribution in [-0.2, 0) is 0 Å². The number of methoxy groups -OCH3 is 2. The van der Waals surface area contributed by atoms with Gasteiger partial charge in [-0.3, -0.25) is 19.2 Å². The molecule has 0 bridgehead atoms. The lowest BCUT2D eigenvalue weighted by Crippen LogP contribution is -2.27. The van der Waals surface area contributed by atoms with Gasteiger partial charge < -0.3 is 9.47 Å². The molecule has 0 atom stereocenters. The number of hydrogen-bond acceptors (Lipinski definition) is 6. The highest BCUT2D eigenvalue weighted by molar-refractivity contribution is 6.41. The van der Waals surface area contributed by atoms with Gasteiger partial charge in [-0.15, -0.1) is 0 Å². The molecule has 0 saturated carbocycles. The molecule has 0 N–H and O–H groups in total. The smallest absolute Gasteiger partial charge is 0.195 e. The van der Waals surface area contributed by atoms with Crippen LogP contribution in [0.4, 0.5) is 0 Å². The van der Waals surface area contributed by atoms with Crippen molar-refractivity contribution < 1.29 is 28.7 Å². The SMILES string of the molecule is COc1ccc2c(c1-c1c(OC)ccc3c1C(=O)c1c(c(-c4ccccc4)c4c(c1-c1ccccc1)-c1cccc5cccc-4c15)C3=O)C(=O)c1c(c(-c3ccccc3)c3c(c1-c1ccccc1)-c1cccc4cccc-3c14)C2=O. The molecule has 0 spiro atoms. The van der Waals surface area contributed by atoms with Gasteiger partial charge in [-0.1, -0.05) is 194 Å². The lowest BCUT2D eigenvalue weighted by molar-refractivity contribution is 0.0978. The maximum atomic E-state index is 16.9. The third-order valence-corrected chi connectivity index (χ3v) is 17.0. The summed E-state index contributed by atoms with van der Waals surface area (Å²) >= 11 is 0. The number of ketones is 4. The van der Waals surface area contributed by atoms with Crippen LogP contribution in [0.15, 0.2) is 218 Å². The van der Waals surface area contributed by atoms with Crippen molar-refractivity contribution in [1.29, 1.82) is 0 Å². The van der Waals surface area contributed by atoms with Crippen LogP contribution in [0.3, 0.4) is 0 Å². The summed E-state index contributed by atoms with van der Waals surface area (Å²) in [6.45, 7) is 0. The Hall–Kier alpha value is -10.6. The fourth-order valence-electron chi connectivity index (χ4n) is 13.9. The highest BCUT2D eigenvalue weighted by atomic mass is 16.5. The van der Waals surface area contributed by atoms with Gasteiger partial charge in [0.05, 0.1) is 14.2 Å². The minimum absolute atomic E-state index is 0.0498. The zero-order chi connectivity index (χ0) is 53.7. The lowest BCUT2D eigenvalue weighted by Gasteiger charge is -2.31. The van der Waals surface area contributed by atoms with Crippen LogP contribution in [0.1, 0.15) is 63.7 Å². The van der Waals surface area contributed by atoms with Crippen LogP contribution in [0.25, 0.3) is 122 Å². The normalized spacial score (nSPS) is 13.0. The van der Waals surface area contributed by atoms with E-state index in [2.05, 4.69) is 48.5 Å². The Kier molecular flexibility index (Phi) is 9.68. The maximum Gasteiger partial charge on any atom is 0.195 e. The van der Waals surface area contributed by atoms with Gasteiger partial charge in [0.1, 0.15) is 11.5 Å². The number of hydrogen-bond donors (Lipinski definition) is 0. The Labute approximate surface area is 459 Å². The molecule has 0 aliphatic heterocycles. The molecule has 6 nitrogen and oxygen atoms in total. The predicted octanol–water partition coefficient (Wildman–Crippen LogP) is 17.2. The van der Waals surface area contributed by atoms with Crippen LogP contribution >= 0.6 is 0 Å². The van der Waals surface area contributed by atoms with Crippen LogP contribution in [-0.4, -0.2) is 37.4 Å². The third kappa shape index (κ3) is 5.96. The second kappa shape index (κ2) is 17.0. The molecule has 0 fully saturated rings. The number of fused-ring (bicyclic) bond motifs is 10. The summed E-state index contributed by atoms with van der Waals surface area (Å²) in [7, 11) is 3.01. The van der Waals surface area contributed by atoms with Crippen molar-refractivity contribution in [3.63, 3.8) is 0 Å². The number of rotatable bonds is 7. The molecular formula is C74H42O6. The quantitative estimate of drug-likeness (QED) is 0.158. The first kappa shape index (κ1) is 45.6. The molecule has 374 valence electrons. The number of carbonyl (C=O) groups excluding carboxylic acids is 4. The van der Waals surface area contributed by atoms with Gasteiger partial charge in [0.15, 0.2) is 23.1 Å². The second-order valence-electron chi connectivity index (χ2n) is 20.8. The van der Waals surface area contributed by atoms with E-state index in [-0.39, 0.29) is 67.6 Å². The zero-order valence-corrected chi connectivity index (χ0v) is 43.2. The summed E-state index contributed by atoms with van der Waals surface area (Å²) in [5, 5.41) is 4.17. The van der Waals surface area contributed by atoms with E-state index in [1.165, 1.54) is 14.2 Å². The van der Waals surface area contributed by atoms with E-state index in [9.17, 15) is 0 Å². The monoisotopic (exact) mass is 1030 g/mol. The number of ether oxygens (including phenoxy) is 2. The van der Waals surface area contributed by atoms with E-state index in [4.69, 9.17) is 9.47 Å².